The third-order valence-electron chi connectivity index (χ3n) is 7.02. The summed E-state index contributed by atoms with van der Waals surface area (Å²) in [4.78, 5) is 35.2. The van der Waals surface area contributed by atoms with Gasteiger partial charge in [-0.25, -0.2) is 14.4 Å². The van der Waals surface area contributed by atoms with Gasteiger partial charge in [0.2, 0.25) is 0 Å². The first-order chi connectivity index (χ1) is 16.0. The van der Waals surface area contributed by atoms with Gasteiger partial charge < -0.3 is 25.0 Å². The molecule has 5 heterocycles. The summed E-state index contributed by atoms with van der Waals surface area (Å²) in [6.45, 7) is 1.98. The molecule has 9 nitrogen and oxygen atoms in total. The van der Waals surface area contributed by atoms with E-state index in [-0.39, 0.29) is 35.8 Å². The summed E-state index contributed by atoms with van der Waals surface area (Å²) in [5.74, 6) is 1.02. The standard InChI is InChI=1S/C22H22FN5O2.CH2O2/c23-14-3-1-13(2-4-14)21(29)25-9-16-17-10-28(11-22(17)7-5-18(16)30-22)20-15-6-8-24-19(15)26-12-27-20;2-1-3/h1-4,6,8,12,16-18H,5,7,9-11H2,(H,25,29)(H,24,26,27);1H,(H,2,3)/t16-,17+,18+,22+;/m0./s1. The van der Waals surface area contributed by atoms with E-state index >= 15 is 0 Å². The first kappa shape index (κ1) is 21.3. The fourth-order valence-electron chi connectivity index (χ4n) is 5.65. The fourth-order valence-corrected chi connectivity index (χ4v) is 5.65. The van der Waals surface area contributed by atoms with E-state index < -0.39 is 0 Å². The Morgan fingerprint density at radius 2 is 2.12 bits per heavy atom. The van der Waals surface area contributed by atoms with Crippen LogP contribution in [0.5, 0.6) is 0 Å². The topological polar surface area (TPSA) is 120 Å². The lowest BCUT2D eigenvalue weighted by atomic mass is 9.73. The van der Waals surface area contributed by atoms with Crippen LogP contribution in [0.1, 0.15) is 23.2 Å². The Morgan fingerprint density at radius 1 is 1.33 bits per heavy atom. The van der Waals surface area contributed by atoms with E-state index in [1.165, 1.54) is 24.3 Å². The predicted octanol–water partition coefficient (Wildman–Crippen LogP) is 2.21. The Kier molecular flexibility index (Phi) is 5.45. The highest BCUT2D eigenvalue weighted by Crippen LogP contribution is 2.55. The lowest BCUT2D eigenvalue weighted by Crippen LogP contribution is -2.41. The van der Waals surface area contributed by atoms with Crippen molar-refractivity contribution in [3.63, 3.8) is 0 Å². The molecule has 3 aliphatic rings. The zero-order valence-electron chi connectivity index (χ0n) is 17.8. The molecular formula is C23H24FN5O4. The number of anilines is 1. The fraction of sp³-hybridized carbons (Fsp3) is 0.391. The molecule has 172 valence electrons. The Hall–Kier alpha value is -3.53. The lowest BCUT2D eigenvalue weighted by Gasteiger charge is -2.29. The van der Waals surface area contributed by atoms with E-state index in [0.29, 0.717) is 18.0 Å². The number of amides is 1. The van der Waals surface area contributed by atoms with Gasteiger partial charge in [-0.1, -0.05) is 0 Å². The average Bonchev–Trinajstić information content (AvgIpc) is 3.58. The van der Waals surface area contributed by atoms with Gasteiger partial charge in [0.05, 0.1) is 17.1 Å². The molecule has 10 heteroatoms. The van der Waals surface area contributed by atoms with E-state index in [1.807, 2.05) is 12.3 Å². The summed E-state index contributed by atoms with van der Waals surface area (Å²) in [6, 6.07) is 7.65. The number of aromatic amines is 1. The average molecular weight is 453 g/mol. The molecule has 0 unspecified atom stereocenters. The highest BCUT2D eigenvalue weighted by atomic mass is 19.1. The van der Waals surface area contributed by atoms with E-state index in [4.69, 9.17) is 14.6 Å². The molecule has 3 saturated heterocycles. The van der Waals surface area contributed by atoms with E-state index in [9.17, 15) is 9.18 Å². The molecule has 2 aromatic heterocycles. The summed E-state index contributed by atoms with van der Waals surface area (Å²) < 4.78 is 19.6. The van der Waals surface area contributed by atoms with Crippen molar-refractivity contribution in [2.75, 3.05) is 24.5 Å². The number of fused-ring (bicyclic) bond motifs is 2. The number of hydrogen-bond donors (Lipinski definition) is 3. The maximum Gasteiger partial charge on any atom is 0.290 e. The van der Waals surface area contributed by atoms with Crippen LogP contribution in [0, 0.1) is 17.7 Å². The van der Waals surface area contributed by atoms with Crippen molar-refractivity contribution in [3.8, 4) is 0 Å². The van der Waals surface area contributed by atoms with Gasteiger partial charge in [-0.3, -0.25) is 9.59 Å². The number of carboxylic acid groups (broad SMARTS) is 1. The third-order valence-corrected chi connectivity index (χ3v) is 7.02. The van der Waals surface area contributed by atoms with Crippen LogP contribution in [0.3, 0.4) is 0 Å². The molecule has 4 atom stereocenters. The third kappa shape index (κ3) is 3.70. The van der Waals surface area contributed by atoms with Gasteiger partial charge in [0, 0.05) is 43.2 Å². The summed E-state index contributed by atoms with van der Waals surface area (Å²) in [5.41, 5.74) is 1.14. The Bertz CT molecular complexity index is 1170. The molecule has 3 aromatic rings. The first-order valence-corrected chi connectivity index (χ1v) is 10.9. The number of hydrogen-bond acceptors (Lipinski definition) is 6. The number of ether oxygens (including phenoxy) is 1. The quantitative estimate of drug-likeness (QED) is 0.518. The van der Waals surface area contributed by atoms with Crippen LogP contribution in [0.4, 0.5) is 10.2 Å². The number of halogens is 1. The van der Waals surface area contributed by atoms with Crippen molar-refractivity contribution in [1.82, 2.24) is 20.3 Å². The molecule has 1 amide bonds. The van der Waals surface area contributed by atoms with Crippen LogP contribution >= 0.6 is 0 Å². The normalized spacial score (nSPS) is 27.2. The molecule has 6 rings (SSSR count). The largest absolute Gasteiger partial charge is 0.483 e. The maximum atomic E-state index is 13.1. The summed E-state index contributed by atoms with van der Waals surface area (Å²) in [6.07, 6.45) is 5.73. The Balaban J connectivity index is 0.000000724. The van der Waals surface area contributed by atoms with Crippen LogP contribution in [-0.4, -0.2) is 63.8 Å². The van der Waals surface area contributed by atoms with Gasteiger partial charge in [-0.05, 0) is 43.2 Å². The Labute approximate surface area is 189 Å². The number of carbonyl (C=O) groups is 2. The van der Waals surface area contributed by atoms with Gasteiger partial charge in [0.1, 0.15) is 23.6 Å². The molecule has 0 saturated carbocycles. The highest BCUT2D eigenvalue weighted by molar-refractivity contribution is 5.94. The van der Waals surface area contributed by atoms with Gasteiger partial charge in [0.25, 0.3) is 12.4 Å². The smallest absolute Gasteiger partial charge is 0.290 e. The maximum absolute atomic E-state index is 13.1. The van der Waals surface area contributed by atoms with Gasteiger partial charge in [-0.15, -0.1) is 0 Å². The summed E-state index contributed by atoms with van der Waals surface area (Å²) in [7, 11) is 0. The molecule has 3 N–H and O–H groups in total. The molecule has 2 bridgehead atoms. The number of nitrogens with zero attached hydrogens (tertiary/aromatic N) is 3. The van der Waals surface area contributed by atoms with Gasteiger partial charge >= 0.3 is 0 Å². The van der Waals surface area contributed by atoms with Crippen molar-refractivity contribution in [3.05, 3.63) is 54.2 Å². The molecule has 3 fully saturated rings. The zero-order chi connectivity index (χ0) is 23.0. The second kappa shape index (κ2) is 8.43. The number of carbonyl (C=O) groups excluding carboxylic acids is 1. The SMILES string of the molecule is O=C(NC[C@H]1[C@H]2CN(c3ncnc4[nH]ccc34)C[C@]23CC[C@H]1O3)c1ccc(F)cc1.O=CO. The van der Waals surface area contributed by atoms with Gasteiger partial charge in [-0.2, -0.15) is 0 Å². The second-order valence-electron chi connectivity index (χ2n) is 8.67. The molecule has 1 aromatic carbocycles. The van der Waals surface area contributed by atoms with E-state index in [0.717, 1.165) is 42.8 Å². The summed E-state index contributed by atoms with van der Waals surface area (Å²) in [5, 5.41) is 11.0. The molecule has 3 aliphatic heterocycles. The van der Waals surface area contributed by atoms with Crippen molar-refractivity contribution >= 4 is 29.2 Å². The van der Waals surface area contributed by atoms with Crippen LogP contribution < -0.4 is 10.2 Å². The molecular weight excluding hydrogens is 429 g/mol. The van der Waals surface area contributed by atoms with Crippen LogP contribution in [0.2, 0.25) is 0 Å². The van der Waals surface area contributed by atoms with Crippen LogP contribution in [-0.2, 0) is 9.53 Å². The molecule has 33 heavy (non-hydrogen) atoms. The Morgan fingerprint density at radius 3 is 2.91 bits per heavy atom. The molecule has 1 spiro atoms. The minimum absolute atomic E-state index is 0.163. The van der Waals surface area contributed by atoms with Crippen molar-refractivity contribution in [1.29, 1.82) is 0 Å². The number of aromatic nitrogens is 3. The van der Waals surface area contributed by atoms with Gasteiger partial charge in [0.15, 0.2) is 0 Å². The first-order valence-electron chi connectivity index (χ1n) is 10.9. The number of H-pyrrole nitrogens is 1. The monoisotopic (exact) mass is 453 g/mol. The molecule has 0 aliphatic carbocycles. The van der Waals surface area contributed by atoms with E-state index in [1.54, 1.807) is 6.33 Å². The number of benzene rings is 1. The number of nitrogens with one attached hydrogen (secondary N) is 2. The zero-order valence-corrected chi connectivity index (χ0v) is 17.8. The minimum atomic E-state index is -0.345. The minimum Gasteiger partial charge on any atom is -0.483 e. The van der Waals surface area contributed by atoms with Crippen molar-refractivity contribution in [2.24, 2.45) is 11.8 Å². The van der Waals surface area contributed by atoms with Crippen LogP contribution in [0.15, 0.2) is 42.9 Å². The lowest BCUT2D eigenvalue weighted by molar-refractivity contribution is -0.122. The van der Waals surface area contributed by atoms with Crippen molar-refractivity contribution in [2.45, 2.75) is 24.5 Å². The highest BCUT2D eigenvalue weighted by Gasteiger charge is 2.63. The van der Waals surface area contributed by atoms with E-state index in [2.05, 4.69) is 25.2 Å². The second-order valence-corrected chi connectivity index (χ2v) is 8.67. The molecule has 0 radical (unpaired) electrons. The van der Waals surface area contributed by atoms with Crippen molar-refractivity contribution < 1.29 is 23.8 Å². The van der Waals surface area contributed by atoms with Crippen LogP contribution in [0.25, 0.3) is 11.0 Å². The summed E-state index contributed by atoms with van der Waals surface area (Å²) >= 11 is 0. The predicted molar refractivity (Wildman–Crippen MR) is 117 cm³/mol. The number of rotatable bonds is 4.